The van der Waals surface area contributed by atoms with Crippen molar-refractivity contribution in [2.75, 3.05) is 25.0 Å². The van der Waals surface area contributed by atoms with Gasteiger partial charge in [-0.2, -0.15) is 0 Å². The molecule has 0 unspecified atom stereocenters. The van der Waals surface area contributed by atoms with E-state index in [-0.39, 0.29) is 0 Å². The molecule has 0 amide bonds. The zero-order valence-corrected chi connectivity index (χ0v) is 15.8. The van der Waals surface area contributed by atoms with E-state index in [4.69, 9.17) is 0 Å². The van der Waals surface area contributed by atoms with Gasteiger partial charge < -0.3 is 4.90 Å². The molecular formula is C19H22IN3. The second-order valence-electron chi connectivity index (χ2n) is 5.35. The number of hydrogen-bond acceptors (Lipinski definition) is 3. The monoisotopic (exact) mass is 419 g/mol. The molecule has 2 rings (SSSR count). The molecule has 0 N–H and O–H groups in total. The summed E-state index contributed by atoms with van der Waals surface area (Å²) in [5, 5.41) is 0. The number of nitrogens with zero attached hydrogens (tertiary/aromatic N) is 3. The first-order chi connectivity index (χ1) is 11.2. The smallest absolute Gasteiger partial charge is 0.0766 e. The van der Waals surface area contributed by atoms with Crippen LogP contribution in [-0.2, 0) is 0 Å². The van der Waals surface area contributed by atoms with Crippen LogP contribution in [0.25, 0.3) is 0 Å². The number of hydrogen-bond donors (Lipinski definition) is 0. The van der Waals surface area contributed by atoms with Gasteiger partial charge in [0.05, 0.1) is 11.4 Å². The number of rotatable bonds is 7. The largest absolute Gasteiger partial charge is 0.375 e. The highest BCUT2D eigenvalue weighted by molar-refractivity contribution is 14.1. The lowest BCUT2D eigenvalue weighted by molar-refractivity contribution is 0.798. The summed E-state index contributed by atoms with van der Waals surface area (Å²) in [6.45, 7) is 3.80. The molecule has 4 heteroatoms. The molecule has 0 aliphatic rings. The lowest BCUT2D eigenvalue weighted by Crippen LogP contribution is -2.18. The van der Waals surface area contributed by atoms with Gasteiger partial charge >= 0.3 is 0 Å². The number of benzene rings is 2. The van der Waals surface area contributed by atoms with Crippen molar-refractivity contribution >= 4 is 45.9 Å². The van der Waals surface area contributed by atoms with Crippen molar-refractivity contribution in [2.24, 2.45) is 9.98 Å². The highest BCUT2D eigenvalue weighted by Crippen LogP contribution is 2.20. The average Bonchev–Trinajstić information content (AvgIpc) is 2.57. The van der Waals surface area contributed by atoms with Gasteiger partial charge in [-0.1, -0.05) is 30.3 Å². The normalized spacial score (nSPS) is 11.9. The Labute approximate surface area is 152 Å². The second-order valence-corrected chi connectivity index (χ2v) is 6.51. The van der Waals surface area contributed by atoms with Gasteiger partial charge in [-0.15, -0.1) is 0 Å². The Kier molecular flexibility index (Phi) is 7.26. The third kappa shape index (κ3) is 6.14. The molecule has 0 saturated carbocycles. The van der Waals surface area contributed by atoms with E-state index in [0.29, 0.717) is 0 Å². The van der Waals surface area contributed by atoms with Crippen LogP contribution in [0.5, 0.6) is 0 Å². The predicted octanol–water partition coefficient (Wildman–Crippen LogP) is 4.98. The maximum Gasteiger partial charge on any atom is 0.0766 e. The van der Waals surface area contributed by atoms with E-state index in [0.717, 1.165) is 34.5 Å². The Bertz CT molecular complexity index is 665. The van der Waals surface area contributed by atoms with Gasteiger partial charge in [-0.25, -0.2) is 0 Å². The number of aliphatic imine (C=N–C) groups is 2. The van der Waals surface area contributed by atoms with E-state index in [9.17, 15) is 0 Å². The maximum absolute atomic E-state index is 4.59. The van der Waals surface area contributed by atoms with Crippen LogP contribution in [0.15, 0.2) is 64.6 Å². The predicted molar refractivity (Wildman–Crippen MR) is 110 cm³/mol. The number of para-hydroxylation sites is 2. The van der Waals surface area contributed by atoms with Crippen molar-refractivity contribution in [3.63, 3.8) is 0 Å². The maximum atomic E-state index is 4.59. The van der Waals surface area contributed by atoms with Crippen LogP contribution >= 0.6 is 22.6 Å². The molecule has 23 heavy (non-hydrogen) atoms. The molecule has 0 atom stereocenters. The molecule has 0 bridgehead atoms. The van der Waals surface area contributed by atoms with Crippen molar-refractivity contribution < 1.29 is 0 Å². The first kappa shape index (κ1) is 17.7. The molecule has 0 spiro atoms. The fraction of sp³-hybridized carbons (Fsp3) is 0.263. The van der Waals surface area contributed by atoms with Crippen LogP contribution < -0.4 is 4.90 Å². The fourth-order valence-electron chi connectivity index (χ4n) is 2.17. The van der Waals surface area contributed by atoms with Gasteiger partial charge in [-0.3, -0.25) is 9.98 Å². The molecule has 0 aliphatic heterocycles. The molecule has 0 aliphatic carbocycles. The van der Waals surface area contributed by atoms with Crippen molar-refractivity contribution in [3.05, 3.63) is 58.2 Å². The van der Waals surface area contributed by atoms with E-state index in [1.54, 1.807) is 0 Å². The lowest BCUT2D eigenvalue weighted by Gasteiger charge is -2.18. The molecule has 0 aromatic heterocycles. The Balaban J connectivity index is 1.77. The minimum Gasteiger partial charge on any atom is -0.375 e. The van der Waals surface area contributed by atoms with Crippen molar-refractivity contribution in [2.45, 2.75) is 13.3 Å². The Morgan fingerprint density at radius 1 is 1.09 bits per heavy atom. The van der Waals surface area contributed by atoms with E-state index < -0.39 is 0 Å². The zero-order valence-electron chi connectivity index (χ0n) is 13.6. The minimum absolute atomic E-state index is 0.815. The summed E-state index contributed by atoms with van der Waals surface area (Å²) in [6.07, 6.45) is 2.89. The third-order valence-corrected chi connectivity index (χ3v) is 4.32. The summed E-state index contributed by atoms with van der Waals surface area (Å²) in [7, 11) is 2.11. The SMILES string of the molecule is CC(/C=N/CCCN(C)c1ccccc1)=N\c1ccccc1I. The summed E-state index contributed by atoms with van der Waals surface area (Å²) < 4.78 is 1.15. The molecule has 3 nitrogen and oxygen atoms in total. The Hall–Kier alpha value is -1.69. The van der Waals surface area contributed by atoms with Crippen LogP contribution in [0.3, 0.4) is 0 Å². The first-order valence-electron chi connectivity index (χ1n) is 7.72. The molecule has 2 aromatic rings. The number of anilines is 1. The van der Waals surface area contributed by atoms with Gasteiger partial charge in [0.1, 0.15) is 0 Å². The summed E-state index contributed by atoms with van der Waals surface area (Å²) in [5.74, 6) is 0. The van der Waals surface area contributed by atoms with Crippen molar-refractivity contribution in [3.8, 4) is 0 Å². The molecule has 0 saturated heterocycles. The summed E-state index contributed by atoms with van der Waals surface area (Å²) in [4.78, 5) is 11.3. The minimum atomic E-state index is 0.815. The van der Waals surface area contributed by atoms with E-state index >= 15 is 0 Å². The molecular weight excluding hydrogens is 397 g/mol. The van der Waals surface area contributed by atoms with Crippen molar-refractivity contribution in [1.29, 1.82) is 0 Å². The van der Waals surface area contributed by atoms with E-state index in [1.165, 1.54) is 5.69 Å². The van der Waals surface area contributed by atoms with Crippen LogP contribution in [0.2, 0.25) is 0 Å². The Morgan fingerprint density at radius 2 is 1.78 bits per heavy atom. The molecule has 120 valence electrons. The van der Waals surface area contributed by atoms with Crippen LogP contribution in [0.1, 0.15) is 13.3 Å². The highest BCUT2D eigenvalue weighted by Gasteiger charge is 1.98. The average molecular weight is 419 g/mol. The molecule has 0 heterocycles. The van der Waals surface area contributed by atoms with Crippen molar-refractivity contribution in [1.82, 2.24) is 0 Å². The topological polar surface area (TPSA) is 28.0 Å². The summed E-state index contributed by atoms with van der Waals surface area (Å²) in [6, 6.07) is 18.5. The Morgan fingerprint density at radius 3 is 2.52 bits per heavy atom. The third-order valence-electron chi connectivity index (χ3n) is 3.41. The van der Waals surface area contributed by atoms with Gasteiger partial charge in [0.2, 0.25) is 0 Å². The quantitative estimate of drug-likeness (QED) is 0.354. The number of halogens is 1. The second kappa shape index (κ2) is 9.45. The highest BCUT2D eigenvalue weighted by atomic mass is 127. The first-order valence-corrected chi connectivity index (χ1v) is 8.80. The molecule has 0 radical (unpaired) electrons. The molecule has 2 aromatic carbocycles. The molecule has 0 fully saturated rings. The van der Waals surface area contributed by atoms with E-state index in [2.05, 4.69) is 74.9 Å². The van der Waals surface area contributed by atoms with Crippen LogP contribution in [0, 0.1) is 3.57 Å². The van der Waals surface area contributed by atoms with Gasteiger partial charge in [0.25, 0.3) is 0 Å². The van der Waals surface area contributed by atoms with Gasteiger partial charge in [0.15, 0.2) is 0 Å². The van der Waals surface area contributed by atoms with E-state index in [1.807, 2.05) is 37.4 Å². The lowest BCUT2D eigenvalue weighted by atomic mass is 10.3. The standard InChI is InChI=1S/C19H22IN3/c1-16(22-19-12-7-6-11-18(19)20)15-21-13-8-14-23(2)17-9-4-3-5-10-17/h3-7,9-12,15H,8,13-14H2,1-2H3/b21-15+,22-16+. The summed E-state index contributed by atoms with van der Waals surface area (Å²) >= 11 is 2.30. The van der Waals surface area contributed by atoms with Crippen LogP contribution in [-0.4, -0.2) is 32.1 Å². The van der Waals surface area contributed by atoms with Gasteiger partial charge in [-0.05, 0) is 60.2 Å². The summed E-state index contributed by atoms with van der Waals surface area (Å²) in [5.41, 5.74) is 3.18. The zero-order chi connectivity index (χ0) is 16.5. The van der Waals surface area contributed by atoms with Crippen LogP contribution in [0.4, 0.5) is 11.4 Å². The van der Waals surface area contributed by atoms with Gasteiger partial charge in [0, 0.05) is 35.6 Å². The fourth-order valence-corrected chi connectivity index (χ4v) is 2.68.